The maximum absolute atomic E-state index is 13.5. The lowest BCUT2D eigenvalue weighted by atomic mass is 10.0. The second kappa shape index (κ2) is 9.75. The number of benzene rings is 2. The highest BCUT2D eigenvalue weighted by Crippen LogP contribution is 2.29. The van der Waals surface area contributed by atoms with Crippen molar-refractivity contribution in [3.63, 3.8) is 0 Å². The first-order valence-electron chi connectivity index (χ1n) is 11.8. The zero-order valence-corrected chi connectivity index (χ0v) is 19.9. The van der Waals surface area contributed by atoms with E-state index in [1.807, 2.05) is 44.3 Å². The standard InChI is InChI=1S/C26H33N5O2/c1-5-30-16-18-10-8-11-19(23(18)26(30)33)25(32)29-21(13-9-15-27-4)24-28-20-12-6-7-14-22(20)31(24)17(2)3/h6-8,10-12,14,17,21,27H,5,9,13,15-16H2,1-4H3,(H,29,32). The number of aromatic nitrogens is 2. The molecule has 0 saturated carbocycles. The van der Waals surface area contributed by atoms with Crippen LogP contribution in [-0.2, 0) is 6.54 Å². The Kier molecular flexibility index (Phi) is 6.79. The predicted molar refractivity (Wildman–Crippen MR) is 130 cm³/mol. The van der Waals surface area contributed by atoms with Crippen LogP contribution in [0.5, 0.6) is 0 Å². The summed E-state index contributed by atoms with van der Waals surface area (Å²) in [5, 5.41) is 6.41. The Morgan fingerprint density at radius 1 is 1.15 bits per heavy atom. The molecule has 7 heteroatoms. The molecule has 2 N–H and O–H groups in total. The Labute approximate surface area is 195 Å². The Morgan fingerprint density at radius 2 is 1.94 bits per heavy atom. The first-order valence-corrected chi connectivity index (χ1v) is 11.8. The molecule has 0 aliphatic carbocycles. The van der Waals surface area contributed by atoms with E-state index in [-0.39, 0.29) is 23.9 Å². The minimum absolute atomic E-state index is 0.0700. The van der Waals surface area contributed by atoms with Crippen LogP contribution in [0.3, 0.4) is 0 Å². The molecule has 174 valence electrons. The number of nitrogens with one attached hydrogen (secondary N) is 2. The number of carbonyl (C=O) groups excluding carboxylic acids is 2. The van der Waals surface area contributed by atoms with Gasteiger partial charge in [0.05, 0.1) is 28.2 Å². The summed E-state index contributed by atoms with van der Waals surface area (Å²) in [6.07, 6.45) is 1.63. The van der Waals surface area contributed by atoms with Gasteiger partial charge in [-0.05, 0) is 71.0 Å². The minimum atomic E-state index is -0.268. The lowest BCUT2D eigenvalue weighted by Gasteiger charge is -2.22. The highest BCUT2D eigenvalue weighted by Gasteiger charge is 2.32. The van der Waals surface area contributed by atoms with Crippen LogP contribution in [0.2, 0.25) is 0 Å². The summed E-state index contributed by atoms with van der Waals surface area (Å²) < 4.78 is 2.21. The Bertz CT molecular complexity index is 1170. The summed E-state index contributed by atoms with van der Waals surface area (Å²) in [6, 6.07) is 13.5. The summed E-state index contributed by atoms with van der Waals surface area (Å²) in [5.74, 6) is 0.555. The topological polar surface area (TPSA) is 79.3 Å². The molecule has 0 fully saturated rings. The molecule has 2 amide bonds. The second-order valence-electron chi connectivity index (χ2n) is 8.85. The molecule has 0 bridgehead atoms. The molecule has 1 aromatic heterocycles. The molecule has 7 nitrogen and oxygen atoms in total. The number of rotatable bonds is 9. The fourth-order valence-electron chi connectivity index (χ4n) is 4.70. The molecule has 1 aliphatic rings. The van der Waals surface area contributed by atoms with E-state index in [0.717, 1.165) is 41.8 Å². The van der Waals surface area contributed by atoms with Crippen molar-refractivity contribution in [2.24, 2.45) is 0 Å². The van der Waals surface area contributed by atoms with E-state index in [2.05, 4.69) is 35.1 Å². The smallest absolute Gasteiger partial charge is 0.255 e. The van der Waals surface area contributed by atoms with Crippen LogP contribution in [0.1, 0.15) is 77.8 Å². The van der Waals surface area contributed by atoms with Crippen molar-refractivity contribution in [1.82, 2.24) is 25.1 Å². The van der Waals surface area contributed by atoms with Crippen molar-refractivity contribution in [1.29, 1.82) is 0 Å². The van der Waals surface area contributed by atoms with Crippen LogP contribution in [-0.4, -0.2) is 46.4 Å². The molecule has 4 rings (SSSR count). The van der Waals surface area contributed by atoms with Gasteiger partial charge in [0.2, 0.25) is 0 Å². The highest BCUT2D eigenvalue weighted by atomic mass is 16.2. The van der Waals surface area contributed by atoms with Gasteiger partial charge < -0.3 is 20.1 Å². The zero-order chi connectivity index (χ0) is 23.5. The summed E-state index contributed by atoms with van der Waals surface area (Å²) in [7, 11) is 1.93. The van der Waals surface area contributed by atoms with E-state index in [4.69, 9.17) is 4.98 Å². The van der Waals surface area contributed by atoms with E-state index < -0.39 is 0 Å². The summed E-state index contributed by atoms with van der Waals surface area (Å²) in [6.45, 7) is 8.25. The zero-order valence-electron chi connectivity index (χ0n) is 19.9. The van der Waals surface area contributed by atoms with Crippen molar-refractivity contribution in [3.05, 3.63) is 65.0 Å². The average molecular weight is 448 g/mol. The summed E-state index contributed by atoms with van der Waals surface area (Å²) in [5.41, 5.74) is 3.87. The van der Waals surface area contributed by atoms with Crippen molar-refractivity contribution in [2.75, 3.05) is 20.1 Å². The first-order chi connectivity index (χ1) is 16.0. The number of hydrogen-bond donors (Lipinski definition) is 2. The van der Waals surface area contributed by atoms with Gasteiger partial charge in [-0.25, -0.2) is 4.98 Å². The van der Waals surface area contributed by atoms with E-state index in [1.54, 1.807) is 11.0 Å². The highest BCUT2D eigenvalue weighted by molar-refractivity contribution is 6.09. The van der Waals surface area contributed by atoms with Crippen LogP contribution >= 0.6 is 0 Å². The van der Waals surface area contributed by atoms with Gasteiger partial charge in [-0.15, -0.1) is 0 Å². The average Bonchev–Trinajstić information content (AvgIpc) is 3.36. The monoisotopic (exact) mass is 447 g/mol. The van der Waals surface area contributed by atoms with Crippen LogP contribution in [0.4, 0.5) is 0 Å². The Hall–Kier alpha value is -3.19. The number of nitrogens with zero attached hydrogens (tertiary/aromatic N) is 3. The van der Waals surface area contributed by atoms with E-state index in [0.29, 0.717) is 24.2 Å². The molecule has 1 unspecified atom stereocenters. The second-order valence-corrected chi connectivity index (χ2v) is 8.85. The molecule has 1 aliphatic heterocycles. The molecule has 0 saturated heterocycles. The fraction of sp³-hybridized carbons (Fsp3) is 0.423. The van der Waals surface area contributed by atoms with Gasteiger partial charge in [0.1, 0.15) is 5.82 Å². The van der Waals surface area contributed by atoms with Crippen molar-refractivity contribution < 1.29 is 9.59 Å². The maximum Gasteiger partial charge on any atom is 0.255 e. The lowest BCUT2D eigenvalue weighted by Crippen LogP contribution is -2.33. The number of hydrogen-bond acceptors (Lipinski definition) is 4. The molecule has 3 aromatic rings. The van der Waals surface area contributed by atoms with Crippen LogP contribution in [0.25, 0.3) is 11.0 Å². The third-order valence-electron chi connectivity index (χ3n) is 6.32. The van der Waals surface area contributed by atoms with Crippen LogP contribution < -0.4 is 10.6 Å². The van der Waals surface area contributed by atoms with Gasteiger partial charge >= 0.3 is 0 Å². The molecular weight excluding hydrogens is 414 g/mol. The minimum Gasteiger partial charge on any atom is -0.342 e. The molecule has 0 radical (unpaired) electrons. The van der Waals surface area contributed by atoms with E-state index in [9.17, 15) is 9.59 Å². The van der Waals surface area contributed by atoms with Crippen molar-refractivity contribution in [3.8, 4) is 0 Å². The van der Waals surface area contributed by atoms with Gasteiger partial charge in [-0.3, -0.25) is 9.59 Å². The number of para-hydroxylation sites is 2. The largest absolute Gasteiger partial charge is 0.342 e. The lowest BCUT2D eigenvalue weighted by molar-refractivity contribution is 0.0780. The molecular formula is C26H33N5O2. The molecule has 2 aromatic carbocycles. The third-order valence-corrected chi connectivity index (χ3v) is 6.32. The maximum atomic E-state index is 13.5. The summed E-state index contributed by atoms with van der Waals surface area (Å²) in [4.78, 5) is 33.1. The normalized spacial score (nSPS) is 14.2. The van der Waals surface area contributed by atoms with Gasteiger partial charge in [-0.2, -0.15) is 0 Å². The van der Waals surface area contributed by atoms with Crippen LogP contribution in [0.15, 0.2) is 42.5 Å². The van der Waals surface area contributed by atoms with Crippen LogP contribution in [0, 0.1) is 0 Å². The quantitative estimate of drug-likeness (QED) is 0.485. The fourth-order valence-corrected chi connectivity index (χ4v) is 4.70. The van der Waals surface area contributed by atoms with Gasteiger partial charge in [0, 0.05) is 19.1 Å². The third kappa shape index (κ3) is 4.37. The van der Waals surface area contributed by atoms with Gasteiger partial charge in [0.25, 0.3) is 11.8 Å². The van der Waals surface area contributed by atoms with E-state index in [1.165, 1.54) is 0 Å². The molecule has 2 heterocycles. The predicted octanol–water partition coefficient (Wildman–Crippen LogP) is 4.06. The molecule has 1 atom stereocenters. The number of imidazole rings is 1. The molecule has 33 heavy (non-hydrogen) atoms. The SMILES string of the molecule is CCN1Cc2cccc(C(=O)NC(CCCNC)c3nc4ccccc4n3C(C)C)c2C1=O. The number of fused-ring (bicyclic) bond motifs is 2. The Morgan fingerprint density at radius 3 is 2.67 bits per heavy atom. The van der Waals surface area contributed by atoms with Crippen molar-refractivity contribution in [2.45, 2.75) is 52.2 Å². The van der Waals surface area contributed by atoms with Crippen molar-refractivity contribution >= 4 is 22.8 Å². The van der Waals surface area contributed by atoms with Gasteiger partial charge in [0.15, 0.2) is 0 Å². The van der Waals surface area contributed by atoms with E-state index >= 15 is 0 Å². The first kappa shape index (κ1) is 23.0. The number of amides is 2. The number of carbonyl (C=O) groups is 2. The Balaban J connectivity index is 1.70. The molecule has 0 spiro atoms. The van der Waals surface area contributed by atoms with Gasteiger partial charge in [-0.1, -0.05) is 24.3 Å². The summed E-state index contributed by atoms with van der Waals surface area (Å²) >= 11 is 0.